The Hall–Kier alpha value is -3.09. The van der Waals surface area contributed by atoms with Gasteiger partial charge in [0.2, 0.25) is 17.6 Å². The molecule has 2 fully saturated rings. The van der Waals surface area contributed by atoms with Gasteiger partial charge in [0.25, 0.3) is 5.91 Å². The molecule has 5 amide bonds. The average Bonchev–Trinajstić information content (AvgIpc) is 3.50. The third-order valence-corrected chi connectivity index (χ3v) is 7.02. The highest BCUT2D eigenvalue weighted by Gasteiger charge is 2.41. The number of urea groups is 1. The molecule has 0 spiro atoms. The summed E-state index contributed by atoms with van der Waals surface area (Å²) in [5.74, 6) is -2.98. The smallest absolute Gasteiger partial charge is 0.323 e. The minimum Gasteiger partial charge on any atom is -0.480 e. The lowest BCUT2D eigenvalue weighted by Crippen LogP contribution is -2.59. The van der Waals surface area contributed by atoms with Crippen LogP contribution in [0.1, 0.15) is 91.9 Å². The lowest BCUT2D eigenvalue weighted by atomic mass is 9.83. The van der Waals surface area contributed by atoms with Crippen molar-refractivity contribution in [2.75, 3.05) is 32.1 Å². The Bertz CT molecular complexity index is 953. The summed E-state index contributed by atoms with van der Waals surface area (Å²) in [6, 6.07) is -3.52. The monoisotopic (exact) mass is 655 g/mol. The molecule has 0 aromatic carbocycles. The van der Waals surface area contributed by atoms with Crippen LogP contribution in [0.4, 0.5) is 4.79 Å². The van der Waals surface area contributed by atoms with E-state index < -0.39 is 60.2 Å². The molecule has 1 saturated carbocycles. The number of thioether (sulfide) groups is 1. The predicted molar refractivity (Wildman–Crippen MR) is 179 cm³/mol. The number of hydrogen-bond acceptors (Lipinski definition) is 7. The molecule has 1 aliphatic heterocycles. The molecule has 2 rings (SSSR count). The Morgan fingerprint density at radius 1 is 0.956 bits per heavy atom. The van der Waals surface area contributed by atoms with E-state index in [1.165, 1.54) is 11.0 Å². The summed E-state index contributed by atoms with van der Waals surface area (Å²) in [6.07, 6.45) is 12.5. The van der Waals surface area contributed by atoms with Crippen molar-refractivity contribution in [3.05, 3.63) is 12.7 Å². The Kier molecular flexibility index (Phi) is 22.5. The third-order valence-electron chi connectivity index (χ3n) is 7.02. The van der Waals surface area contributed by atoms with Crippen molar-refractivity contribution in [3.63, 3.8) is 0 Å². The second-order valence-electron chi connectivity index (χ2n) is 12.0. The van der Waals surface area contributed by atoms with E-state index in [2.05, 4.69) is 48.6 Å². The Morgan fingerprint density at radius 3 is 2.09 bits per heavy atom. The zero-order valence-corrected chi connectivity index (χ0v) is 28.9. The zero-order chi connectivity index (χ0) is 34.4. The highest BCUT2D eigenvalue weighted by Crippen LogP contribution is 2.29. The van der Waals surface area contributed by atoms with Gasteiger partial charge in [-0.25, -0.2) is 4.79 Å². The first-order valence-electron chi connectivity index (χ1n) is 16.0. The molecule has 0 bridgehead atoms. The average molecular weight is 656 g/mol. The number of carbonyl (C=O) groups is 6. The number of carboxylic acid groups (broad SMARTS) is 1. The molecule has 12 nitrogen and oxygen atoms in total. The van der Waals surface area contributed by atoms with E-state index in [0.717, 1.165) is 44.4 Å². The van der Waals surface area contributed by atoms with Crippen molar-refractivity contribution >= 4 is 47.3 Å². The number of carboxylic acids is 1. The van der Waals surface area contributed by atoms with Gasteiger partial charge >= 0.3 is 12.0 Å². The summed E-state index contributed by atoms with van der Waals surface area (Å²) in [5, 5.41) is 18.9. The van der Waals surface area contributed by atoms with Crippen molar-refractivity contribution in [1.29, 1.82) is 0 Å². The van der Waals surface area contributed by atoms with E-state index in [-0.39, 0.29) is 12.5 Å². The van der Waals surface area contributed by atoms with Gasteiger partial charge in [-0.05, 0) is 56.5 Å². The largest absolute Gasteiger partial charge is 0.480 e. The summed E-state index contributed by atoms with van der Waals surface area (Å²) in [4.78, 5) is 76.6. The topological polar surface area (TPSA) is 174 Å². The molecule has 3 unspecified atom stereocenters. The number of rotatable bonds is 14. The Balaban J connectivity index is 0.00000250. The molecule has 3 atom stereocenters. The van der Waals surface area contributed by atoms with Crippen LogP contribution in [0.2, 0.25) is 0 Å². The first-order chi connectivity index (χ1) is 21.3. The van der Waals surface area contributed by atoms with Gasteiger partial charge in [0.1, 0.15) is 18.6 Å². The fraction of sp³-hybridized carbons (Fsp3) is 0.750. The molecule has 45 heavy (non-hydrogen) atoms. The predicted octanol–water partition coefficient (Wildman–Crippen LogP) is 3.50. The van der Waals surface area contributed by atoms with E-state index in [1.807, 2.05) is 19.4 Å². The molecule has 1 saturated heterocycles. The maximum Gasteiger partial charge on any atom is 0.323 e. The van der Waals surface area contributed by atoms with Gasteiger partial charge in [-0.1, -0.05) is 65.9 Å². The summed E-state index contributed by atoms with van der Waals surface area (Å²) in [6.45, 7) is 11.8. The van der Waals surface area contributed by atoms with Gasteiger partial charge in [0.15, 0.2) is 0 Å². The normalized spacial score (nSPS) is 17.3. The quantitative estimate of drug-likeness (QED) is 0.140. The molecular weight excluding hydrogens is 598 g/mol. The van der Waals surface area contributed by atoms with Crippen molar-refractivity contribution in [2.24, 2.45) is 11.8 Å². The van der Waals surface area contributed by atoms with Crippen LogP contribution in [0.15, 0.2) is 12.7 Å². The number of Topliss-reactive ketones (excluding diaryl/α,β-unsaturated/α-hetero) is 1. The molecule has 2 aliphatic rings. The van der Waals surface area contributed by atoms with Crippen LogP contribution in [-0.4, -0.2) is 95.8 Å². The van der Waals surface area contributed by atoms with E-state index in [1.54, 1.807) is 11.8 Å². The molecular formula is C32H57N5O7S. The zero-order valence-electron chi connectivity index (χ0n) is 28.1. The lowest BCUT2D eigenvalue weighted by molar-refractivity contribution is -0.143. The second kappa shape index (κ2) is 24.2. The van der Waals surface area contributed by atoms with Crippen molar-refractivity contribution in [2.45, 2.75) is 110 Å². The van der Waals surface area contributed by atoms with Crippen molar-refractivity contribution in [1.82, 2.24) is 26.2 Å². The number of unbranched alkanes of at least 4 members (excludes halogenated alkanes) is 1. The van der Waals surface area contributed by atoms with Gasteiger partial charge in [0, 0.05) is 13.1 Å². The molecule has 258 valence electrons. The standard InChI is InChI=1S/C26H41N5O7.C4H10.C2H6S/c1-3-5-12-18(22(34)24(36)27-14-4-2)29-23(35)19-13-9-15-31(19)25(37)21(17-10-7-6-8-11-17)30-26(38)28-16-20(32)33;1-4(2)3;1-3-2/h4,17-19,21H,2-3,5-16H2,1H3,(H,27,36)(H,29,35)(H,32,33)(H2,28,30,38);4H,1-3H3;1-2H3. The molecule has 1 aliphatic carbocycles. The van der Waals surface area contributed by atoms with Crippen molar-refractivity contribution in [3.8, 4) is 0 Å². The summed E-state index contributed by atoms with van der Waals surface area (Å²) in [5.41, 5.74) is 0. The SMILES string of the molecule is C=CCNC(=O)C(=O)C(CCCC)NC(=O)C1CCCN1C(=O)C(NC(=O)NCC(=O)O)C1CCCCC1.CC(C)C.CSC. The van der Waals surface area contributed by atoms with E-state index in [4.69, 9.17) is 5.11 Å². The maximum absolute atomic E-state index is 13.7. The highest BCUT2D eigenvalue weighted by atomic mass is 32.2. The Labute approximate surface area is 273 Å². The van der Waals surface area contributed by atoms with Crippen LogP contribution in [-0.2, 0) is 24.0 Å². The number of hydrogen-bond donors (Lipinski definition) is 5. The maximum atomic E-state index is 13.7. The van der Waals surface area contributed by atoms with Gasteiger partial charge in [-0.15, -0.1) is 6.58 Å². The molecule has 0 aromatic heterocycles. The molecule has 1 heterocycles. The minimum absolute atomic E-state index is 0.125. The van der Waals surface area contributed by atoms with Crippen LogP contribution in [0.5, 0.6) is 0 Å². The molecule has 5 N–H and O–H groups in total. The minimum atomic E-state index is -1.21. The number of nitrogens with one attached hydrogen (secondary N) is 4. The number of likely N-dealkylation sites (tertiary alicyclic amines) is 1. The number of carbonyl (C=O) groups excluding carboxylic acids is 5. The first kappa shape index (κ1) is 41.9. The van der Waals surface area contributed by atoms with Crippen molar-refractivity contribution < 1.29 is 33.9 Å². The summed E-state index contributed by atoms with van der Waals surface area (Å²) < 4.78 is 0. The number of ketones is 1. The van der Waals surface area contributed by atoms with E-state index >= 15 is 0 Å². The third kappa shape index (κ3) is 17.3. The van der Waals surface area contributed by atoms with Gasteiger partial charge in [-0.2, -0.15) is 11.8 Å². The van der Waals surface area contributed by atoms with E-state index in [9.17, 15) is 28.8 Å². The van der Waals surface area contributed by atoms with Crippen LogP contribution >= 0.6 is 11.8 Å². The van der Waals surface area contributed by atoms with Gasteiger partial charge < -0.3 is 31.3 Å². The first-order valence-corrected chi connectivity index (χ1v) is 17.7. The Morgan fingerprint density at radius 2 is 1.56 bits per heavy atom. The molecule has 13 heteroatoms. The number of aliphatic carboxylic acids is 1. The van der Waals surface area contributed by atoms with Gasteiger partial charge in [0.05, 0.1) is 6.04 Å². The fourth-order valence-electron chi connectivity index (χ4n) is 5.03. The van der Waals surface area contributed by atoms with Crippen LogP contribution in [0, 0.1) is 11.8 Å². The number of nitrogens with zero attached hydrogens (tertiary/aromatic N) is 1. The molecule has 0 aromatic rings. The highest BCUT2D eigenvalue weighted by molar-refractivity contribution is 7.97. The van der Waals surface area contributed by atoms with Gasteiger partial charge in [-0.3, -0.25) is 24.0 Å². The van der Waals surface area contributed by atoms with Crippen LogP contribution < -0.4 is 21.3 Å². The van der Waals surface area contributed by atoms with Crippen LogP contribution in [0.3, 0.4) is 0 Å². The summed E-state index contributed by atoms with van der Waals surface area (Å²) >= 11 is 1.75. The lowest BCUT2D eigenvalue weighted by Gasteiger charge is -2.34. The molecule has 0 radical (unpaired) electrons. The second-order valence-corrected chi connectivity index (χ2v) is 12.8. The number of amides is 5. The van der Waals surface area contributed by atoms with Crippen LogP contribution in [0.25, 0.3) is 0 Å². The fourth-order valence-corrected chi connectivity index (χ4v) is 5.03. The van der Waals surface area contributed by atoms with E-state index in [0.29, 0.717) is 32.2 Å². The summed E-state index contributed by atoms with van der Waals surface area (Å²) in [7, 11) is 0.